The molecule has 146 valence electrons. The average molecular weight is 394 g/mol. The fourth-order valence-corrected chi connectivity index (χ4v) is 4.64. The molecule has 1 atom stereocenters. The van der Waals surface area contributed by atoms with Gasteiger partial charge in [-0.25, -0.2) is 9.37 Å². The van der Waals surface area contributed by atoms with Crippen molar-refractivity contribution in [3.63, 3.8) is 0 Å². The summed E-state index contributed by atoms with van der Waals surface area (Å²) in [5, 5.41) is 14.8. The molecule has 1 unspecified atom stereocenters. The number of benzene rings is 1. The molecule has 0 bridgehead atoms. The van der Waals surface area contributed by atoms with Gasteiger partial charge in [0.1, 0.15) is 5.82 Å². The zero-order chi connectivity index (χ0) is 18.2. The summed E-state index contributed by atoms with van der Waals surface area (Å²) in [5.74, 6) is -0.404. The van der Waals surface area contributed by atoms with Gasteiger partial charge in [-0.2, -0.15) is 0 Å². The van der Waals surface area contributed by atoms with Gasteiger partial charge in [0.15, 0.2) is 0 Å². The first-order valence-corrected chi connectivity index (χ1v) is 9.28. The van der Waals surface area contributed by atoms with Crippen molar-refractivity contribution in [3.05, 3.63) is 52.8 Å². The average Bonchev–Trinajstić information content (AvgIpc) is 3.10. The van der Waals surface area contributed by atoms with Gasteiger partial charge in [-0.1, -0.05) is 25.0 Å². The van der Waals surface area contributed by atoms with E-state index >= 15 is 0 Å². The van der Waals surface area contributed by atoms with Crippen molar-refractivity contribution in [3.8, 4) is 11.3 Å². The summed E-state index contributed by atoms with van der Waals surface area (Å²) in [7, 11) is 0. The van der Waals surface area contributed by atoms with Crippen LogP contribution in [0.4, 0.5) is 4.39 Å². The Bertz CT molecular complexity index is 866. The number of nitrogens with zero attached hydrogens (tertiary/aromatic N) is 2. The van der Waals surface area contributed by atoms with Crippen LogP contribution in [0.1, 0.15) is 32.1 Å². The van der Waals surface area contributed by atoms with E-state index in [9.17, 15) is 14.3 Å². The lowest BCUT2D eigenvalue weighted by Crippen LogP contribution is -2.60. The van der Waals surface area contributed by atoms with Crippen LogP contribution in [-0.4, -0.2) is 33.3 Å². The molecular weight excluding hydrogens is 369 g/mol. The highest BCUT2D eigenvalue weighted by atomic mass is 35.5. The Hall–Kier alpha value is -1.76. The summed E-state index contributed by atoms with van der Waals surface area (Å²) in [6.07, 6.45) is 6.24. The molecule has 7 heteroatoms. The minimum absolute atomic E-state index is 0. The molecule has 1 aliphatic carbocycles. The molecule has 2 aliphatic rings. The van der Waals surface area contributed by atoms with Gasteiger partial charge in [0.25, 0.3) is 5.56 Å². The van der Waals surface area contributed by atoms with Crippen molar-refractivity contribution >= 4 is 12.4 Å². The molecule has 27 heavy (non-hydrogen) atoms. The van der Waals surface area contributed by atoms with Crippen LogP contribution in [0.2, 0.25) is 0 Å². The van der Waals surface area contributed by atoms with Gasteiger partial charge in [0.2, 0.25) is 0 Å². The summed E-state index contributed by atoms with van der Waals surface area (Å²) in [6.45, 7) is 1.77. The molecule has 1 aliphatic heterocycles. The first-order chi connectivity index (χ1) is 12.5. The molecule has 4 rings (SSSR count). The standard InChI is InChI=1S/C20H24FN3O2.ClH/c21-16-6-2-1-5-15(16)17-11-18(25)24(14-23-17)13-20(26)9-10-22-12-19(20)7-3-4-8-19;/h1-2,5-6,11,14,22,26H,3-4,7-10,12-13H2;1H. The van der Waals surface area contributed by atoms with E-state index < -0.39 is 11.4 Å². The zero-order valence-electron chi connectivity index (χ0n) is 15.2. The van der Waals surface area contributed by atoms with Crippen molar-refractivity contribution in [2.75, 3.05) is 13.1 Å². The Morgan fingerprint density at radius 1 is 1.22 bits per heavy atom. The lowest BCUT2D eigenvalue weighted by molar-refractivity contribution is -0.115. The maximum absolute atomic E-state index is 13.9. The second-order valence-corrected chi connectivity index (χ2v) is 7.67. The number of hydrogen-bond donors (Lipinski definition) is 2. The summed E-state index contributed by atoms with van der Waals surface area (Å²) < 4.78 is 15.4. The third-order valence-electron chi connectivity index (χ3n) is 6.19. The van der Waals surface area contributed by atoms with Gasteiger partial charge < -0.3 is 10.4 Å². The molecule has 1 saturated heterocycles. The van der Waals surface area contributed by atoms with Crippen molar-refractivity contribution < 1.29 is 9.50 Å². The maximum Gasteiger partial charge on any atom is 0.253 e. The predicted molar refractivity (Wildman–Crippen MR) is 104 cm³/mol. The Kier molecular flexibility index (Phi) is 5.70. The topological polar surface area (TPSA) is 67.2 Å². The number of hydrogen-bond acceptors (Lipinski definition) is 4. The van der Waals surface area contributed by atoms with E-state index in [4.69, 9.17) is 0 Å². The second-order valence-electron chi connectivity index (χ2n) is 7.67. The molecule has 0 radical (unpaired) electrons. The number of aliphatic hydroxyl groups is 1. The molecule has 1 saturated carbocycles. The molecular formula is C20H25ClFN3O2. The van der Waals surface area contributed by atoms with Crippen molar-refractivity contribution in [1.29, 1.82) is 0 Å². The van der Waals surface area contributed by atoms with Crippen LogP contribution < -0.4 is 10.9 Å². The fraction of sp³-hybridized carbons (Fsp3) is 0.500. The number of aromatic nitrogens is 2. The monoisotopic (exact) mass is 393 g/mol. The second kappa shape index (κ2) is 7.70. The zero-order valence-corrected chi connectivity index (χ0v) is 16.0. The number of piperidine rings is 1. The van der Waals surface area contributed by atoms with Gasteiger partial charge in [-0.3, -0.25) is 9.36 Å². The van der Waals surface area contributed by atoms with Crippen LogP contribution in [0.3, 0.4) is 0 Å². The molecule has 0 amide bonds. The number of rotatable bonds is 3. The van der Waals surface area contributed by atoms with Gasteiger partial charge in [-0.05, 0) is 37.9 Å². The highest BCUT2D eigenvalue weighted by Gasteiger charge is 2.53. The van der Waals surface area contributed by atoms with E-state index in [-0.39, 0.29) is 29.9 Å². The lowest BCUT2D eigenvalue weighted by Gasteiger charge is -2.49. The Morgan fingerprint density at radius 3 is 2.67 bits per heavy atom. The Morgan fingerprint density at radius 2 is 1.96 bits per heavy atom. The van der Waals surface area contributed by atoms with Crippen LogP contribution in [0.5, 0.6) is 0 Å². The lowest BCUT2D eigenvalue weighted by atomic mass is 9.66. The highest BCUT2D eigenvalue weighted by Crippen LogP contribution is 2.49. The molecule has 5 nitrogen and oxygen atoms in total. The molecule has 2 N–H and O–H groups in total. The maximum atomic E-state index is 13.9. The third-order valence-corrected chi connectivity index (χ3v) is 6.19. The molecule has 2 aromatic rings. The summed E-state index contributed by atoms with van der Waals surface area (Å²) >= 11 is 0. The van der Waals surface area contributed by atoms with Crippen LogP contribution >= 0.6 is 12.4 Å². The predicted octanol–water partition coefficient (Wildman–Crippen LogP) is 2.76. The first-order valence-electron chi connectivity index (χ1n) is 9.28. The van der Waals surface area contributed by atoms with Crippen molar-refractivity contribution in [2.24, 2.45) is 5.41 Å². The summed E-state index contributed by atoms with van der Waals surface area (Å²) in [4.78, 5) is 16.9. The molecule has 1 spiro atoms. The van der Waals surface area contributed by atoms with E-state index in [1.54, 1.807) is 18.2 Å². The third kappa shape index (κ3) is 3.53. The summed E-state index contributed by atoms with van der Waals surface area (Å²) in [5.41, 5.74) is -0.727. The molecule has 2 heterocycles. The van der Waals surface area contributed by atoms with E-state index in [0.29, 0.717) is 17.7 Å². The SMILES string of the molecule is Cl.O=c1cc(-c2ccccc2F)ncn1CC1(O)CCNCC12CCCC2. The molecule has 1 aromatic carbocycles. The number of nitrogens with one attached hydrogen (secondary N) is 1. The quantitative estimate of drug-likeness (QED) is 0.841. The van der Waals surface area contributed by atoms with Crippen LogP contribution in [-0.2, 0) is 6.54 Å². The Balaban J connectivity index is 0.00000210. The van der Waals surface area contributed by atoms with Gasteiger partial charge in [-0.15, -0.1) is 12.4 Å². The van der Waals surface area contributed by atoms with Crippen LogP contribution in [0.15, 0.2) is 41.5 Å². The minimum Gasteiger partial charge on any atom is -0.387 e. The van der Waals surface area contributed by atoms with Gasteiger partial charge >= 0.3 is 0 Å². The highest BCUT2D eigenvalue weighted by molar-refractivity contribution is 5.85. The van der Waals surface area contributed by atoms with Gasteiger partial charge in [0.05, 0.1) is 24.2 Å². The normalized spacial score (nSPS) is 23.9. The molecule has 2 fully saturated rings. The minimum atomic E-state index is -0.917. The molecule has 1 aromatic heterocycles. The smallest absolute Gasteiger partial charge is 0.253 e. The van der Waals surface area contributed by atoms with Crippen LogP contribution in [0.25, 0.3) is 11.3 Å². The van der Waals surface area contributed by atoms with E-state index in [1.165, 1.54) is 23.0 Å². The van der Waals surface area contributed by atoms with E-state index in [1.807, 2.05) is 0 Å². The largest absolute Gasteiger partial charge is 0.387 e. The van der Waals surface area contributed by atoms with Crippen LogP contribution in [0, 0.1) is 11.2 Å². The Labute approximate surface area is 164 Å². The van der Waals surface area contributed by atoms with Crippen molar-refractivity contribution in [2.45, 2.75) is 44.2 Å². The fourth-order valence-electron chi connectivity index (χ4n) is 4.64. The summed E-state index contributed by atoms with van der Waals surface area (Å²) in [6, 6.07) is 7.63. The van der Waals surface area contributed by atoms with Crippen molar-refractivity contribution in [1.82, 2.24) is 14.9 Å². The van der Waals surface area contributed by atoms with E-state index in [2.05, 4.69) is 10.3 Å². The van der Waals surface area contributed by atoms with E-state index in [0.717, 1.165) is 38.8 Å². The first kappa shape index (κ1) is 20.0. The van der Waals surface area contributed by atoms with Gasteiger partial charge in [0, 0.05) is 23.6 Å². The number of halogens is 2.